The summed E-state index contributed by atoms with van der Waals surface area (Å²) in [5, 5.41) is 5.06. The van der Waals surface area contributed by atoms with Crippen molar-refractivity contribution in [2.45, 2.75) is 25.3 Å². The van der Waals surface area contributed by atoms with Gasteiger partial charge in [0.05, 0.1) is 6.33 Å². The number of fused-ring (bicyclic) bond motifs is 1. The summed E-state index contributed by atoms with van der Waals surface area (Å²) in [4.78, 5) is 44.8. The molecule has 30 heavy (non-hydrogen) atoms. The molecule has 3 aromatic rings. The predicted molar refractivity (Wildman–Crippen MR) is 116 cm³/mol. The molecular formula is C20H26N6O3S. The Kier molecular flexibility index (Phi) is 5.87. The lowest BCUT2D eigenvalue weighted by Gasteiger charge is -2.31. The molecule has 0 saturated carbocycles. The summed E-state index contributed by atoms with van der Waals surface area (Å²) < 4.78 is 3.84. The normalized spacial score (nSPS) is 15.7. The fourth-order valence-electron chi connectivity index (χ4n) is 4.05. The number of hydrogen-bond acceptors (Lipinski definition) is 6. The van der Waals surface area contributed by atoms with Crippen molar-refractivity contribution in [1.29, 1.82) is 0 Å². The largest absolute Gasteiger partial charge is 0.353 e. The average molecular weight is 431 g/mol. The van der Waals surface area contributed by atoms with Crippen LogP contribution in [0.5, 0.6) is 0 Å². The van der Waals surface area contributed by atoms with Gasteiger partial charge in [-0.1, -0.05) is 6.07 Å². The van der Waals surface area contributed by atoms with Crippen molar-refractivity contribution in [2.75, 3.05) is 26.2 Å². The predicted octanol–water partition coefficient (Wildman–Crippen LogP) is 0.491. The van der Waals surface area contributed by atoms with E-state index >= 15 is 0 Å². The van der Waals surface area contributed by atoms with Gasteiger partial charge in [-0.15, -0.1) is 11.3 Å². The molecule has 4 heterocycles. The zero-order valence-electron chi connectivity index (χ0n) is 17.2. The number of likely N-dealkylation sites (tertiary alicyclic amines) is 1. The SMILES string of the molecule is Cn1c(=O)c2c(ncn2CC(=O)NCCN2CCC(c3cccs3)CC2)n(C)c1=O. The Labute approximate surface area is 177 Å². The minimum atomic E-state index is -0.452. The summed E-state index contributed by atoms with van der Waals surface area (Å²) in [7, 11) is 2.98. The third-order valence-electron chi connectivity index (χ3n) is 5.81. The number of thiophene rings is 1. The first-order valence-electron chi connectivity index (χ1n) is 10.1. The summed E-state index contributed by atoms with van der Waals surface area (Å²) in [6.07, 6.45) is 3.73. The quantitative estimate of drug-likeness (QED) is 0.614. The minimum Gasteiger partial charge on any atom is -0.353 e. The fourth-order valence-corrected chi connectivity index (χ4v) is 4.95. The Morgan fingerprint density at radius 1 is 1.23 bits per heavy atom. The van der Waals surface area contributed by atoms with E-state index in [9.17, 15) is 14.4 Å². The lowest BCUT2D eigenvalue weighted by molar-refractivity contribution is -0.121. The van der Waals surface area contributed by atoms with Crippen LogP contribution in [0.4, 0.5) is 0 Å². The molecule has 4 rings (SSSR count). The van der Waals surface area contributed by atoms with Crippen molar-refractivity contribution >= 4 is 28.4 Å². The van der Waals surface area contributed by atoms with Crippen LogP contribution in [0.3, 0.4) is 0 Å². The molecule has 1 N–H and O–H groups in total. The van der Waals surface area contributed by atoms with Crippen molar-refractivity contribution in [1.82, 2.24) is 28.9 Å². The van der Waals surface area contributed by atoms with Crippen LogP contribution in [0.1, 0.15) is 23.6 Å². The number of imidazole rings is 1. The number of nitrogens with one attached hydrogen (secondary N) is 1. The highest BCUT2D eigenvalue weighted by Gasteiger charge is 2.21. The van der Waals surface area contributed by atoms with E-state index in [1.54, 1.807) is 7.05 Å². The number of aryl methyl sites for hydroxylation is 1. The molecule has 0 atom stereocenters. The van der Waals surface area contributed by atoms with Crippen LogP contribution in [-0.2, 0) is 25.4 Å². The molecule has 160 valence electrons. The summed E-state index contributed by atoms with van der Waals surface area (Å²) in [5.74, 6) is 0.475. The van der Waals surface area contributed by atoms with Gasteiger partial charge in [0.1, 0.15) is 6.54 Å². The topological polar surface area (TPSA) is 94.2 Å². The molecule has 3 aromatic heterocycles. The Hall–Kier alpha value is -2.72. The number of nitrogens with zero attached hydrogens (tertiary/aromatic N) is 5. The number of rotatable bonds is 6. The molecule has 1 aliphatic heterocycles. The van der Waals surface area contributed by atoms with Gasteiger partial charge in [-0.05, 0) is 43.3 Å². The second-order valence-corrected chi connectivity index (χ2v) is 8.71. The maximum absolute atomic E-state index is 12.4. The van der Waals surface area contributed by atoms with Crippen LogP contribution >= 0.6 is 11.3 Å². The number of carbonyl (C=O) groups excluding carboxylic acids is 1. The van der Waals surface area contributed by atoms with E-state index in [4.69, 9.17) is 0 Å². The van der Waals surface area contributed by atoms with E-state index in [1.807, 2.05) is 11.3 Å². The molecule has 0 unspecified atom stereocenters. The van der Waals surface area contributed by atoms with Gasteiger partial charge in [-0.25, -0.2) is 9.78 Å². The third kappa shape index (κ3) is 3.97. The smallest absolute Gasteiger partial charge is 0.332 e. The van der Waals surface area contributed by atoms with Gasteiger partial charge in [0.2, 0.25) is 5.91 Å². The maximum atomic E-state index is 12.4. The second-order valence-electron chi connectivity index (χ2n) is 7.73. The van der Waals surface area contributed by atoms with Gasteiger partial charge in [-0.2, -0.15) is 0 Å². The number of carbonyl (C=O) groups is 1. The number of amides is 1. The average Bonchev–Trinajstić information content (AvgIpc) is 3.42. The number of piperidine rings is 1. The Bertz CT molecular complexity index is 1150. The second kappa shape index (κ2) is 8.57. The van der Waals surface area contributed by atoms with Crippen molar-refractivity contribution in [3.63, 3.8) is 0 Å². The summed E-state index contributed by atoms with van der Waals surface area (Å²) in [5.41, 5.74) is -0.355. The van der Waals surface area contributed by atoms with Crippen LogP contribution in [0, 0.1) is 0 Å². The molecule has 0 spiro atoms. The van der Waals surface area contributed by atoms with Crippen LogP contribution in [0.2, 0.25) is 0 Å². The number of aromatic nitrogens is 4. The first kappa shape index (κ1) is 20.5. The van der Waals surface area contributed by atoms with Gasteiger partial charge in [0.15, 0.2) is 11.2 Å². The van der Waals surface area contributed by atoms with E-state index in [0.29, 0.717) is 12.5 Å². The first-order valence-corrected chi connectivity index (χ1v) is 11.0. The van der Waals surface area contributed by atoms with Gasteiger partial charge in [-0.3, -0.25) is 18.7 Å². The summed E-state index contributed by atoms with van der Waals surface area (Å²) in [6.45, 7) is 3.43. The van der Waals surface area contributed by atoms with Gasteiger partial charge in [0.25, 0.3) is 5.56 Å². The van der Waals surface area contributed by atoms with Crippen LogP contribution < -0.4 is 16.6 Å². The van der Waals surface area contributed by atoms with Crippen LogP contribution in [0.25, 0.3) is 11.2 Å². The Morgan fingerprint density at radius 3 is 2.70 bits per heavy atom. The highest BCUT2D eigenvalue weighted by Crippen LogP contribution is 2.30. The summed E-state index contributed by atoms with van der Waals surface area (Å²) in [6, 6.07) is 4.33. The lowest BCUT2D eigenvalue weighted by Crippen LogP contribution is -2.40. The van der Waals surface area contributed by atoms with Gasteiger partial charge >= 0.3 is 5.69 Å². The maximum Gasteiger partial charge on any atom is 0.332 e. The minimum absolute atomic E-state index is 0.00953. The molecule has 0 bridgehead atoms. The highest BCUT2D eigenvalue weighted by molar-refractivity contribution is 7.10. The zero-order chi connectivity index (χ0) is 21.3. The highest BCUT2D eigenvalue weighted by atomic mass is 32.1. The monoisotopic (exact) mass is 430 g/mol. The lowest BCUT2D eigenvalue weighted by atomic mass is 9.95. The molecule has 10 heteroatoms. The first-order chi connectivity index (χ1) is 14.5. The molecule has 9 nitrogen and oxygen atoms in total. The molecule has 1 saturated heterocycles. The van der Waals surface area contributed by atoms with Crippen molar-refractivity contribution in [2.24, 2.45) is 14.1 Å². The van der Waals surface area contributed by atoms with Crippen LogP contribution in [-0.4, -0.2) is 55.7 Å². The van der Waals surface area contributed by atoms with E-state index in [2.05, 4.69) is 32.7 Å². The Morgan fingerprint density at radius 2 is 2.00 bits per heavy atom. The van der Waals surface area contributed by atoms with E-state index in [-0.39, 0.29) is 23.6 Å². The van der Waals surface area contributed by atoms with E-state index < -0.39 is 11.2 Å². The molecule has 0 radical (unpaired) electrons. The van der Waals surface area contributed by atoms with Crippen molar-refractivity contribution in [3.8, 4) is 0 Å². The van der Waals surface area contributed by atoms with E-state index in [1.165, 1.54) is 27.4 Å². The molecular weight excluding hydrogens is 404 g/mol. The Balaban J connectivity index is 1.30. The molecule has 0 aromatic carbocycles. The van der Waals surface area contributed by atoms with Crippen molar-refractivity contribution in [3.05, 3.63) is 49.6 Å². The molecule has 1 amide bonds. The standard InChI is InChI=1S/C20H26N6O3S/c1-23-18-17(19(28)24(2)20(23)29)26(13-22-18)12-16(27)21-7-10-25-8-5-14(6-9-25)15-4-3-11-30-15/h3-4,11,13-14H,5-10,12H2,1-2H3,(H,21,27). The van der Waals surface area contributed by atoms with Crippen molar-refractivity contribution < 1.29 is 4.79 Å². The number of hydrogen-bond donors (Lipinski definition) is 1. The fraction of sp³-hybridized carbons (Fsp3) is 0.500. The zero-order valence-corrected chi connectivity index (χ0v) is 18.0. The molecule has 1 fully saturated rings. The van der Waals surface area contributed by atoms with Gasteiger partial charge in [0, 0.05) is 32.1 Å². The van der Waals surface area contributed by atoms with Gasteiger partial charge < -0.3 is 14.8 Å². The molecule has 0 aliphatic carbocycles. The van der Waals surface area contributed by atoms with E-state index in [0.717, 1.165) is 37.0 Å². The molecule has 1 aliphatic rings. The summed E-state index contributed by atoms with van der Waals surface area (Å²) >= 11 is 1.83. The third-order valence-corrected chi connectivity index (χ3v) is 6.85. The van der Waals surface area contributed by atoms with Crippen LogP contribution in [0.15, 0.2) is 33.4 Å².